The maximum atomic E-state index is 13.4. The topological polar surface area (TPSA) is 52.6 Å². The molecule has 4 nitrogen and oxygen atoms in total. The first kappa shape index (κ1) is 22.2. The van der Waals surface area contributed by atoms with Gasteiger partial charge in [-0.1, -0.05) is 31.6 Å². The van der Waals surface area contributed by atoms with Crippen molar-refractivity contribution in [3.05, 3.63) is 28.8 Å². The summed E-state index contributed by atoms with van der Waals surface area (Å²) < 4.78 is 48.1. The second kappa shape index (κ2) is 7.03. The van der Waals surface area contributed by atoms with Crippen molar-refractivity contribution in [2.45, 2.75) is 71.2 Å². The molecular formula is C19H28BFO4SSi. The lowest BCUT2D eigenvalue weighted by Gasteiger charge is -2.32. The summed E-state index contributed by atoms with van der Waals surface area (Å²) in [6.07, 6.45) is 0. The summed E-state index contributed by atoms with van der Waals surface area (Å²) in [4.78, 5) is 0. The zero-order chi connectivity index (χ0) is 20.8. The molecule has 0 unspecified atom stereocenters. The fourth-order valence-corrected chi connectivity index (χ4v) is 3.82. The standard InChI is InChI=1S/C19H28BFO4SSi/c1-14-15(9-10-27(6,7)8)11-17(12-16(14)13-26(21,22)23)20-24-18(2,3)19(4,5)25-20/h11-12H,13H2,1-8H3. The molecule has 0 bridgehead atoms. The van der Waals surface area contributed by atoms with Crippen LogP contribution in [0.3, 0.4) is 0 Å². The summed E-state index contributed by atoms with van der Waals surface area (Å²) in [5, 5.41) is 0. The molecule has 1 aromatic rings. The predicted octanol–water partition coefficient (Wildman–Crippen LogP) is 3.32. The summed E-state index contributed by atoms with van der Waals surface area (Å²) in [7, 11) is -6.97. The van der Waals surface area contributed by atoms with Crippen LogP contribution >= 0.6 is 0 Å². The molecule has 1 fully saturated rings. The first-order valence-electron chi connectivity index (χ1n) is 8.95. The molecule has 0 atom stereocenters. The van der Waals surface area contributed by atoms with Crippen LogP contribution in [0.25, 0.3) is 0 Å². The third kappa shape index (κ3) is 5.44. The van der Waals surface area contributed by atoms with Gasteiger partial charge in [0, 0.05) is 5.56 Å². The van der Waals surface area contributed by atoms with E-state index in [1.807, 2.05) is 33.8 Å². The van der Waals surface area contributed by atoms with Gasteiger partial charge in [0.15, 0.2) is 0 Å². The van der Waals surface area contributed by atoms with Crippen LogP contribution in [0.2, 0.25) is 19.6 Å². The Balaban J connectivity index is 2.58. The average Bonchev–Trinajstić information content (AvgIpc) is 2.66. The van der Waals surface area contributed by atoms with Crippen LogP contribution in [-0.2, 0) is 25.3 Å². The van der Waals surface area contributed by atoms with Gasteiger partial charge in [-0.25, -0.2) is 0 Å². The lowest BCUT2D eigenvalue weighted by molar-refractivity contribution is 0.00578. The molecule has 0 N–H and O–H groups in total. The SMILES string of the molecule is Cc1c(C#C[Si](C)(C)C)cc(B2OC(C)(C)C(C)(C)O2)cc1CS(=O)(=O)F. The largest absolute Gasteiger partial charge is 0.494 e. The van der Waals surface area contributed by atoms with Crippen LogP contribution in [0.5, 0.6) is 0 Å². The molecule has 2 rings (SSSR count). The van der Waals surface area contributed by atoms with Crippen molar-refractivity contribution in [2.24, 2.45) is 0 Å². The Morgan fingerprint density at radius 1 is 1.11 bits per heavy atom. The van der Waals surface area contributed by atoms with Gasteiger partial charge in [-0.3, -0.25) is 0 Å². The van der Waals surface area contributed by atoms with Crippen LogP contribution in [-0.4, -0.2) is 34.8 Å². The average molecular weight is 410 g/mol. The fourth-order valence-electron chi connectivity index (χ4n) is 2.63. The number of hydrogen-bond donors (Lipinski definition) is 0. The highest BCUT2D eigenvalue weighted by Gasteiger charge is 2.51. The van der Waals surface area contributed by atoms with Gasteiger partial charge < -0.3 is 9.31 Å². The minimum atomic E-state index is -4.67. The molecule has 0 aliphatic carbocycles. The van der Waals surface area contributed by atoms with Crippen molar-refractivity contribution >= 4 is 30.9 Å². The Morgan fingerprint density at radius 3 is 2.07 bits per heavy atom. The van der Waals surface area contributed by atoms with E-state index in [4.69, 9.17) is 9.31 Å². The first-order valence-corrected chi connectivity index (χ1v) is 14.0. The van der Waals surface area contributed by atoms with Gasteiger partial charge in [-0.05, 0) is 57.3 Å². The number of halogens is 1. The quantitative estimate of drug-likeness (QED) is 0.436. The van der Waals surface area contributed by atoms with E-state index in [0.29, 0.717) is 22.2 Å². The monoisotopic (exact) mass is 410 g/mol. The molecule has 0 spiro atoms. The minimum absolute atomic E-state index is 0.379. The number of benzene rings is 1. The predicted molar refractivity (Wildman–Crippen MR) is 111 cm³/mol. The normalized spacial score (nSPS) is 18.9. The van der Waals surface area contributed by atoms with Crippen molar-refractivity contribution in [3.63, 3.8) is 0 Å². The van der Waals surface area contributed by atoms with Crippen molar-refractivity contribution in [1.82, 2.24) is 0 Å². The van der Waals surface area contributed by atoms with E-state index in [1.165, 1.54) is 0 Å². The fraction of sp³-hybridized carbons (Fsp3) is 0.579. The Morgan fingerprint density at radius 2 is 1.63 bits per heavy atom. The van der Waals surface area contributed by atoms with Crippen LogP contribution in [0, 0.1) is 18.4 Å². The number of rotatable bonds is 3. The van der Waals surface area contributed by atoms with Crippen molar-refractivity contribution < 1.29 is 21.6 Å². The molecule has 148 valence electrons. The zero-order valence-corrected chi connectivity index (χ0v) is 19.2. The van der Waals surface area contributed by atoms with Crippen LogP contribution in [0.15, 0.2) is 12.1 Å². The van der Waals surface area contributed by atoms with E-state index < -0.39 is 42.4 Å². The smallest absolute Gasteiger partial charge is 0.399 e. The highest BCUT2D eigenvalue weighted by molar-refractivity contribution is 7.85. The lowest BCUT2D eigenvalue weighted by atomic mass is 9.76. The second-order valence-corrected chi connectivity index (χ2v) is 15.2. The van der Waals surface area contributed by atoms with Crippen molar-refractivity contribution in [2.75, 3.05) is 0 Å². The first-order chi connectivity index (χ1) is 12.0. The van der Waals surface area contributed by atoms with Gasteiger partial charge in [-0.15, -0.1) is 9.43 Å². The van der Waals surface area contributed by atoms with E-state index in [1.54, 1.807) is 13.0 Å². The summed E-state index contributed by atoms with van der Waals surface area (Å²) in [6, 6.07) is 3.51. The molecule has 8 heteroatoms. The van der Waals surface area contributed by atoms with E-state index in [9.17, 15) is 12.3 Å². The molecule has 1 aliphatic heterocycles. The van der Waals surface area contributed by atoms with Crippen molar-refractivity contribution in [1.29, 1.82) is 0 Å². The van der Waals surface area contributed by atoms with E-state index in [0.717, 1.165) is 0 Å². The minimum Gasteiger partial charge on any atom is -0.399 e. The highest BCUT2D eigenvalue weighted by Crippen LogP contribution is 2.36. The Hall–Kier alpha value is -1.14. The van der Waals surface area contributed by atoms with Gasteiger partial charge in [0.25, 0.3) is 0 Å². The maximum Gasteiger partial charge on any atom is 0.494 e. The Kier molecular flexibility index (Phi) is 5.77. The molecule has 1 aliphatic rings. The molecule has 1 aromatic carbocycles. The van der Waals surface area contributed by atoms with Crippen molar-refractivity contribution in [3.8, 4) is 11.5 Å². The third-order valence-electron chi connectivity index (χ3n) is 4.96. The van der Waals surface area contributed by atoms with Crippen LogP contribution in [0.4, 0.5) is 3.89 Å². The van der Waals surface area contributed by atoms with Gasteiger partial charge in [0.05, 0.1) is 11.2 Å². The van der Waals surface area contributed by atoms with Gasteiger partial charge in [-0.2, -0.15) is 8.42 Å². The Labute approximate surface area is 164 Å². The zero-order valence-electron chi connectivity index (χ0n) is 17.4. The molecule has 0 radical (unpaired) electrons. The van der Waals surface area contributed by atoms with Gasteiger partial charge in [0.2, 0.25) is 0 Å². The molecule has 0 amide bonds. The molecular weight excluding hydrogens is 382 g/mol. The molecule has 0 aromatic heterocycles. The maximum absolute atomic E-state index is 13.4. The summed E-state index contributed by atoms with van der Waals surface area (Å²) in [6.45, 7) is 15.9. The van der Waals surface area contributed by atoms with Gasteiger partial charge in [0.1, 0.15) is 13.8 Å². The van der Waals surface area contributed by atoms with Gasteiger partial charge >= 0.3 is 17.3 Å². The molecule has 1 heterocycles. The lowest BCUT2D eigenvalue weighted by Crippen LogP contribution is -2.41. The van der Waals surface area contributed by atoms with E-state index in [-0.39, 0.29) is 0 Å². The van der Waals surface area contributed by atoms with E-state index in [2.05, 4.69) is 31.1 Å². The van der Waals surface area contributed by atoms with E-state index >= 15 is 0 Å². The van der Waals surface area contributed by atoms with Crippen LogP contribution in [0.1, 0.15) is 44.4 Å². The summed E-state index contributed by atoms with van der Waals surface area (Å²) in [5.74, 6) is 2.48. The molecule has 27 heavy (non-hydrogen) atoms. The summed E-state index contributed by atoms with van der Waals surface area (Å²) >= 11 is 0. The molecule has 0 saturated carbocycles. The number of hydrogen-bond acceptors (Lipinski definition) is 4. The molecule has 1 saturated heterocycles. The second-order valence-electron chi connectivity index (χ2n) is 9.12. The third-order valence-corrected chi connectivity index (χ3v) is 6.49. The summed E-state index contributed by atoms with van der Waals surface area (Å²) in [5.41, 5.74) is 4.61. The van der Waals surface area contributed by atoms with Crippen LogP contribution < -0.4 is 5.46 Å². The highest BCUT2D eigenvalue weighted by atomic mass is 32.3. The Bertz CT molecular complexity index is 892.